The van der Waals surface area contributed by atoms with Gasteiger partial charge >= 0.3 is 11.9 Å². The van der Waals surface area contributed by atoms with E-state index in [0.29, 0.717) is 41.4 Å². The number of esters is 2. The maximum absolute atomic E-state index is 13.0. The molecule has 4 nitrogen and oxygen atoms in total. The molecule has 0 aliphatic carbocycles. The largest absolute Gasteiger partial charge is 0.419 e. The van der Waals surface area contributed by atoms with Crippen LogP contribution in [0.3, 0.4) is 0 Å². The average molecular weight is 431 g/mol. The van der Waals surface area contributed by atoms with Gasteiger partial charge in [-0.25, -0.2) is 9.59 Å². The molecular formula is C28H30O4. The summed E-state index contributed by atoms with van der Waals surface area (Å²) < 4.78 is 11.9. The van der Waals surface area contributed by atoms with Gasteiger partial charge in [0.1, 0.15) is 0 Å². The summed E-state index contributed by atoms with van der Waals surface area (Å²) >= 11 is 0. The Balaban J connectivity index is 2.12. The molecule has 0 radical (unpaired) electrons. The van der Waals surface area contributed by atoms with E-state index in [4.69, 9.17) is 9.47 Å². The lowest BCUT2D eigenvalue weighted by Crippen LogP contribution is -2.16. The summed E-state index contributed by atoms with van der Waals surface area (Å²) in [6.45, 7) is 8.30. The molecule has 0 heterocycles. The first-order valence-corrected chi connectivity index (χ1v) is 11.1. The summed E-state index contributed by atoms with van der Waals surface area (Å²) in [4.78, 5) is 25.9. The van der Waals surface area contributed by atoms with E-state index in [-0.39, 0.29) is 0 Å². The van der Waals surface area contributed by atoms with Crippen molar-refractivity contribution in [3.63, 3.8) is 0 Å². The van der Waals surface area contributed by atoms with Gasteiger partial charge in [-0.2, -0.15) is 0 Å². The maximum Gasteiger partial charge on any atom is 0.343 e. The summed E-state index contributed by atoms with van der Waals surface area (Å²) in [7, 11) is 0. The summed E-state index contributed by atoms with van der Waals surface area (Å²) in [6, 6.07) is 19.8. The Hall–Kier alpha value is -3.40. The van der Waals surface area contributed by atoms with Crippen LogP contribution in [-0.2, 0) is 12.8 Å². The molecule has 3 aromatic carbocycles. The lowest BCUT2D eigenvalue weighted by atomic mass is 9.93. The van der Waals surface area contributed by atoms with E-state index in [9.17, 15) is 9.59 Å². The Labute approximate surface area is 190 Å². The van der Waals surface area contributed by atoms with Gasteiger partial charge in [0.25, 0.3) is 0 Å². The fraction of sp³-hybridized carbons (Fsp3) is 0.286. The number of hydrogen-bond acceptors (Lipinski definition) is 4. The minimum Gasteiger partial charge on any atom is -0.419 e. The molecule has 0 unspecified atom stereocenters. The minimum absolute atomic E-state index is 0.331. The molecule has 166 valence electrons. The molecule has 0 amide bonds. The number of aryl methyl sites for hydroxylation is 2. The van der Waals surface area contributed by atoms with Crippen molar-refractivity contribution in [3.05, 3.63) is 94.5 Å². The van der Waals surface area contributed by atoms with Crippen LogP contribution in [-0.4, -0.2) is 11.9 Å². The number of benzene rings is 3. The first kappa shape index (κ1) is 23.3. The second kappa shape index (κ2) is 10.8. The monoisotopic (exact) mass is 430 g/mol. The van der Waals surface area contributed by atoms with E-state index in [2.05, 4.69) is 26.8 Å². The summed E-state index contributed by atoms with van der Waals surface area (Å²) in [6.07, 6.45) is 2.27. The van der Waals surface area contributed by atoms with Crippen molar-refractivity contribution >= 4 is 11.9 Å². The summed E-state index contributed by atoms with van der Waals surface area (Å²) in [5, 5.41) is 0. The number of rotatable bonds is 8. The second-order valence-electron chi connectivity index (χ2n) is 8.35. The lowest BCUT2D eigenvalue weighted by molar-refractivity contribution is 0.0679. The molecule has 0 spiro atoms. The third kappa shape index (κ3) is 5.64. The highest BCUT2D eigenvalue weighted by Crippen LogP contribution is 2.40. The van der Waals surface area contributed by atoms with Crippen LogP contribution in [0.4, 0.5) is 0 Å². The Kier molecular flexibility index (Phi) is 7.82. The number of carbonyl (C=O) groups excluding carboxylic acids is 2. The number of carbonyl (C=O) groups is 2. The van der Waals surface area contributed by atoms with Crippen molar-refractivity contribution in [1.82, 2.24) is 0 Å². The van der Waals surface area contributed by atoms with Crippen molar-refractivity contribution in [2.45, 2.75) is 47.0 Å². The molecule has 3 rings (SSSR count). The van der Waals surface area contributed by atoms with Crippen LogP contribution in [0, 0.1) is 12.8 Å². The Morgan fingerprint density at radius 3 is 1.78 bits per heavy atom. The van der Waals surface area contributed by atoms with Crippen molar-refractivity contribution in [1.29, 1.82) is 0 Å². The second-order valence-corrected chi connectivity index (χ2v) is 8.35. The zero-order valence-corrected chi connectivity index (χ0v) is 19.2. The average Bonchev–Trinajstić information content (AvgIpc) is 2.79. The van der Waals surface area contributed by atoms with Crippen molar-refractivity contribution < 1.29 is 19.1 Å². The van der Waals surface area contributed by atoms with Gasteiger partial charge in [-0.1, -0.05) is 69.7 Å². The standard InChI is InChI=1S/C28H30O4/c1-5-12-23-18-20(4)24(17-19(2)3)26(32-28(30)22-15-10-7-11-16-22)25(23)31-27(29)21-13-8-6-9-14-21/h6-11,13-16,18-19H,5,12,17H2,1-4H3. The minimum atomic E-state index is -0.473. The smallest absolute Gasteiger partial charge is 0.343 e. The zero-order chi connectivity index (χ0) is 23.1. The van der Waals surface area contributed by atoms with Crippen LogP contribution in [0.15, 0.2) is 66.7 Å². The summed E-state index contributed by atoms with van der Waals surface area (Å²) in [5.41, 5.74) is 3.67. The molecule has 0 atom stereocenters. The van der Waals surface area contributed by atoms with Crippen LogP contribution >= 0.6 is 0 Å². The van der Waals surface area contributed by atoms with Crippen molar-refractivity contribution in [3.8, 4) is 11.5 Å². The lowest BCUT2D eigenvalue weighted by Gasteiger charge is -2.21. The van der Waals surface area contributed by atoms with Crippen LogP contribution in [0.1, 0.15) is 64.6 Å². The van der Waals surface area contributed by atoms with E-state index >= 15 is 0 Å². The quantitative estimate of drug-likeness (QED) is 0.299. The molecule has 0 N–H and O–H groups in total. The number of hydrogen-bond donors (Lipinski definition) is 0. The van der Waals surface area contributed by atoms with Crippen LogP contribution in [0.25, 0.3) is 0 Å². The first-order chi connectivity index (χ1) is 15.4. The fourth-order valence-electron chi connectivity index (χ4n) is 3.66. The topological polar surface area (TPSA) is 52.6 Å². The normalized spacial score (nSPS) is 10.8. The van der Waals surface area contributed by atoms with Gasteiger partial charge < -0.3 is 9.47 Å². The predicted molar refractivity (Wildman–Crippen MR) is 127 cm³/mol. The Morgan fingerprint density at radius 2 is 1.31 bits per heavy atom. The van der Waals surface area contributed by atoms with E-state index in [1.165, 1.54) is 0 Å². The van der Waals surface area contributed by atoms with Crippen molar-refractivity contribution in [2.75, 3.05) is 0 Å². The van der Waals surface area contributed by atoms with Crippen LogP contribution in [0.5, 0.6) is 11.5 Å². The summed E-state index contributed by atoms with van der Waals surface area (Å²) in [5.74, 6) is 0.0732. The highest BCUT2D eigenvalue weighted by molar-refractivity contribution is 5.93. The molecule has 4 heteroatoms. The van der Waals surface area contributed by atoms with Gasteiger partial charge in [-0.15, -0.1) is 0 Å². The van der Waals surface area contributed by atoms with Gasteiger partial charge in [0.15, 0.2) is 11.5 Å². The molecule has 0 fully saturated rings. The van der Waals surface area contributed by atoms with E-state index in [0.717, 1.165) is 23.1 Å². The van der Waals surface area contributed by atoms with Crippen LogP contribution in [0.2, 0.25) is 0 Å². The third-order valence-electron chi connectivity index (χ3n) is 5.18. The van der Waals surface area contributed by atoms with Crippen LogP contribution < -0.4 is 9.47 Å². The molecule has 32 heavy (non-hydrogen) atoms. The first-order valence-electron chi connectivity index (χ1n) is 11.1. The van der Waals surface area contributed by atoms with Crippen molar-refractivity contribution in [2.24, 2.45) is 5.92 Å². The van der Waals surface area contributed by atoms with E-state index < -0.39 is 11.9 Å². The third-order valence-corrected chi connectivity index (χ3v) is 5.18. The molecule has 0 bridgehead atoms. The maximum atomic E-state index is 13.0. The van der Waals surface area contributed by atoms with E-state index in [1.807, 2.05) is 19.1 Å². The fourth-order valence-corrected chi connectivity index (χ4v) is 3.66. The number of ether oxygens (including phenoxy) is 2. The SMILES string of the molecule is CCCc1cc(C)c(CC(C)C)c(OC(=O)c2ccccc2)c1OC(=O)c1ccccc1. The van der Waals surface area contributed by atoms with Gasteiger partial charge in [-0.05, 0) is 61.1 Å². The predicted octanol–water partition coefficient (Wildman–Crippen LogP) is 6.58. The molecule has 0 saturated heterocycles. The van der Waals surface area contributed by atoms with E-state index in [1.54, 1.807) is 48.5 Å². The Bertz CT molecular complexity index is 1070. The molecule has 0 aliphatic rings. The highest BCUT2D eigenvalue weighted by Gasteiger charge is 2.25. The molecule has 0 aromatic heterocycles. The van der Waals surface area contributed by atoms with Gasteiger partial charge in [0.05, 0.1) is 11.1 Å². The molecule has 0 aliphatic heterocycles. The highest BCUT2D eigenvalue weighted by atomic mass is 16.6. The Morgan fingerprint density at radius 1 is 0.812 bits per heavy atom. The van der Waals surface area contributed by atoms with Gasteiger partial charge in [0.2, 0.25) is 0 Å². The van der Waals surface area contributed by atoms with Gasteiger partial charge in [0, 0.05) is 5.56 Å². The molecular weight excluding hydrogens is 400 g/mol. The molecule has 0 saturated carbocycles. The molecule has 3 aromatic rings. The zero-order valence-electron chi connectivity index (χ0n) is 19.2. The van der Waals surface area contributed by atoms with Gasteiger partial charge in [-0.3, -0.25) is 0 Å².